The quantitative estimate of drug-likeness (QED) is 0.290. The summed E-state index contributed by atoms with van der Waals surface area (Å²) < 4.78 is 0. The van der Waals surface area contributed by atoms with Crippen molar-refractivity contribution in [1.29, 1.82) is 0 Å². The van der Waals surface area contributed by atoms with E-state index in [1.807, 2.05) is 0 Å². The fourth-order valence-electron chi connectivity index (χ4n) is 4.27. The first-order chi connectivity index (χ1) is 15.4. The van der Waals surface area contributed by atoms with Gasteiger partial charge in [0.1, 0.15) is 5.71 Å². The molecule has 32 heavy (non-hydrogen) atoms. The number of hydrogen-bond acceptors (Lipinski definition) is 6. The number of fused-ring (bicyclic) bond motifs is 1. The molecular formula is C23H12Cl2N2O5. The minimum absolute atomic E-state index is 0.0775. The minimum atomic E-state index is -1.82. The van der Waals surface area contributed by atoms with E-state index in [1.54, 1.807) is 36.4 Å². The van der Waals surface area contributed by atoms with Crippen molar-refractivity contribution in [1.82, 2.24) is 0 Å². The number of carbonyl (C=O) groups excluding carboxylic acids is 2. The lowest BCUT2D eigenvalue weighted by Gasteiger charge is -2.27. The highest BCUT2D eigenvalue weighted by Gasteiger charge is 2.66. The molecule has 1 heterocycles. The highest BCUT2D eigenvalue weighted by Crippen LogP contribution is 2.54. The van der Waals surface area contributed by atoms with E-state index in [9.17, 15) is 19.7 Å². The molecule has 1 spiro atoms. The van der Waals surface area contributed by atoms with Gasteiger partial charge in [0, 0.05) is 33.8 Å². The second kappa shape index (κ2) is 7.25. The highest BCUT2D eigenvalue weighted by molar-refractivity contribution is 6.46. The van der Waals surface area contributed by atoms with Crippen LogP contribution in [0.5, 0.6) is 0 Å². The number of nitro groups is 1. The maximum absolute atomic E-state index is 13.8. The number of Topliss-reactive ketones (excluding diaryl/α,β-unsaturated/α-hetero) is 2. The first kappa shape index (κ1) is 20.4. The third-order valence-electron chi connectivity index (χ3n) is 5.74. The first-order valence-electron chi connectivity index (χ1n) is 9.48. The molecule has 1 aliphatic heterocycles. The van der Waals surface area contributed by atoms with Crippen molar-refractivity contribution in [3.63, 3.8) is 0 Å². The van der Waals surface area contributed by atoms with Gasteiger partial charge in [0.2, 0.25) is 0 Å². The molecule has 2 aliphatic rings. The summed E-state index contributed by atoms with van der Waals surface area (Å²) in [4.78, 5) is 43.8. The average molecular weight is 467 g/mol. The normalized spacial score (nSPS) is 18.4. The molecule has 0 aromatic heterocycles. The standard InChI is InChI=1S/C23H12Cl2N2O5/c24-13-7-10-17(18(25)11-13)19-23(20(28)15-3-1-2-4-16(15)21(23)29)22(32-26-19)12-5-8-14(9-6-12)27(30)31/h1-11,22H/t22-/m1/s1. The van der Waals surface area contributed by atoms with Crippen molar-refractivity contribution in [2.75, 3.05) is 0 Å². The van der Waals surface area contributed by atoms with Gasteiger partial charge in [-0.05, 0) is 35.9 Å². The lowest BCUT2D eigenvalue weighted by atomic mass is 9.69. The van der Waals surface area contributed by atoms with E-state index >= 15 is 0 Å². The van der Waals surface area contributed by atoms with Crippen molar-refractivity contribution >= 4 is 46.2 Å². The molecule has 0 radical (unpaired) electrons. The summed E-state index contributed by atoms with van der Waals surface area (Å²) in [5.74, 6) is -0.938. The summed E-state index contributed by atoms with van der Waals surface area (Å²) in [6.07, 6.45) is -1.13. The molecule has 158 valence electrons. The van der Waals surface area contributed by atoms with Crippen molar-refractivity contribution < 1.29 is 19.3 Å². The molecule has 7 nitrogen and oxygen atoms in total. The summed E-state index contributed by atoms with van der Waals surface area (Å²) in [5, 5.41) is 15.8. The maximum Gasteiger partial charge on any atom is 0.269 e. The smallest absolute Gasteiger partial charge is 0.269 e. The lowest BCUT2D eigenvalue weighted by molar-refractivity contribution is -0.384. The van der Waals surface area contributed by atoms with Crippen LogP contribution in [-0.2, 0) is 4.84 Å². The monoisotopic (exact) mass is 466 g/mol. The van der Waals surface area contributed by atoms with Gasteiger partial charge in [-0.2, -0.15) is 0 Å². The van der Waals surface area contributed by atoms with Gasteiger partial charge in [-0.3, -0.25) is 19.7 Å². The van der Waals surface area contributed by atoms with Gasteiger partial charge in [-0.25, -0.2) is 0 Å². The Hall–Kier alpha value is -3.55. The van der Waals surface area contributed by atoms with Crippen LogP contribution in [0.3, 0.4) is 0 Å². The molecule has 9 heteroatoms. The Kier molecular flexibility index (Phi) is 4.62. The number of ketones is 2. The average Bonchev–Trinajstić information content (AvgIpc) is 3.28. The van der Waals surface area contributed by atoms with Crippen LogP contribution < -0.4 is 0 Å². The van der Waals surface area contributed by atoms with Gasteiger partial charge >= 0.3 is 0 Å². The largest absolute Gasteiger partial charge is 0.385 e. The molecule has 0 saturated carbocycles. The number of carbonyl (C=O) groups is 2. The Morgan fingerprint density at radius 1 is 0.906 bits per heavy atom. The number of halogens is 2. The van der Waals surface area contributed by atoms with Gasteiger partial charge in [0.05, 0.1) is 9.95 Å². The fraction of sp³-hybridized carbons (Fsp3) is 0.0870. The molecular weight excluding hydrogens is 455 g/mol. The fourth-order valence-corrected chi connectivity index (χ4v) is 4.76. The molecule has 0 fully saturated rings. The number of non-ortho nitro benzene ring substituents is 1. The van der Waals surface area contributed by atoms with Gasteiger partial charge < -0.3 is 4.84 Å². The van der Waals surface area contributed by atoms with Crippen LogP contribution in [0.15, 0.2) is 71.9 Å². The maximum atomic E-state index is 13.8. The van der Waals surface area contributed by atoms with Crippen molar-refractivity contribution in [2.24, 2.45) is 10.6 Å². The van der Waals surface area contributed by atoms with Crippen LogP contribution in [0.25, 0.3) is 0 Å². The molecule has 5 rings (SSSR count). The molecule has 1 atom stereocenters. The van der Waals surface area contributed by atoms with Crippen LogP contribution in [0.2, 0.25) is 10.0 Å². The molecule has 0 amide bonds. The zero-order valence-electron chi connectivity index (χ0n) is 16.1. The van der Waals surface area contributed by atoms with E-state index in [0.717, 1.165) is 0 Å². The predicted octanol–water partition coefficient (Wildman–Crippen LogP) is 5.44. The van der Waals surface area contributed by atoms with E-state index in [0.29, 0.717) is 16.1 Å². The number of benzene rings is 3. The molecule has 3 aromatic rings. The van der Waals surface area contributed by atoms with Crippen molar-refractivity contribution in [3.05, 3.63) is 109 Å². The van der Waals surface area contributed by atoms with E-state index in [1.165, 1.54) is 30.3 Å². The zero-order chi connectivity index (χ0) is 22.6. The molecule has 1 aliphatic carbocycles. The Labute approximate surface area is 191 Å². The van der Waals surface area contributed by atoms with Crippen molar-refractivity contribution in [2.45, 2.75) is 6.10 Å². The van der Waals surface area contributed by atoms with Crippen LogP contribution in [0.4, 0.5) is 5.69 Å². The number of oxime groups is 1. The third kappa shape index (κ3) is 2.71. The Bertz CT molecular complexity index is 1320. The summed E-state index contributed by atoms with van der Waals surface area (Å²) in [6.45, 7) is 0. The second-order valence-corrected chi connectivity index (χ2v) is 8.25. The number of nitro benzene ring substituents is 1. The Morgan fingerprint density at radius 2 is 1.53 bits per heavy atom. The van der Waals surface area contributed by atoms with Gasteiger partial charge in [-0.1, -0.05) is 52.6 Å². The summed E-state index contributed by atoms with van der Waals surface area (Å²) in [6, 6.07) is 16.6. The first-order valence-corrected chi connectivity index (χ1v) is 10.2. The van der Waals surface area contributed by atoms with Crippen LogP contribution in [0, 0.1) is 15.5 Å². The lowest BCUT2D eigenvalue weighted by Crippen LogP contribution is -2.44. The topological polar surface area (TPSA) is 98.9 Å². The van der Waals surface area contributed by atoms with E-state index < -0.39 is 28.0 Å². The minimum Gasteiger partial charge on any atom is -0.385 e. The van der Waals surface area contributed by atoms with Crippen LogP contribution in [0.1, 0.15) is 37.9 Å². The highest BCUT2D eigenvalue weighted by atomic mass is 35.5. The number of hydrogen-bond donors (Lipinski definition) is 0. The van der Waals surface area contributed by atoms with Gasteiger partial charge in [0.25, 0.3) is 5.69 Å². The van der Waals surface area contributed by atoms with Gasteiger partial charge in [0.15, 0.2) is 23.1 Å². The predicted molar refractivity (Wildman–Crippen MR) is 117 cm³/mol. The van der Waals surface area contributed by atoms with E-state index in [2.05, 4.69) is 5.16 Å². The number of rotatable bonds is 3. The molecule has 0 N–H and O–H groups in total. The Balaban J connectivity index is 1.73. The van der Waals surface area contributed by atoms with E-state index in [-0.39, 0.29) is 27.5 Å². The number of nitrogens with zero attached hydrogens (tertiary/aromatic N) is 2. The zero-order valence-corrected chi connectivity index (χ0v) is 17.6. The van der Waals surface area contributed by atoms with Crippen LogP contribution >= 0.6 is 23.2 Å². The van der Waals surface area contributed by atoms with Crippen molar-refractivity contribution in [3.8, 4) is 0 Å². The molecule has 0 saturated heterocycles. The SMILES string of the molecule is O=C1c2ccccc2C(=O)C12C(c1ccc(Cl)cc1Cl)=NO[C@@H]2c1ccc([N+](=O)[O-])cc1. The van der Waals surface area contributed by atoms with Gasteiger partial charge in [-0.15, -0.1) is 0 Å². The summed E-state index contributed by atoms with van der Waals surface area (Å²) in [5.41, 5.74) is -0.620. The molecule has 0 bridgehead atoms. The second-order valence-electron chi connectivity index (χ2n) is 7.41. The summed E-state index contributed by atoms with van der Waals surface area (Å²) >= 11 is 12.4. The Morgan fingerprint density at radius 3 is 2.09 bits per heavy atom. The third-order valence-corrected chi connectivity index (χ3v) is 6.29. The summed E-state index contributed by atoms with van der Waals surface area (Å²) in [7, 11) is 0. The molecule has 3 aromatic carbocycles. The molecule has 0 unspecified atom stereocenters. The van der Waals surface area contributed by atoms with E-state index in [4.69, 9.17) is 28.0 Å². The van der Waals surface area contributed by atoms with Crippen LogP contribution in [-0.4, -0.2) is 22.2 Å².